The minimum Gasteiger partial charge on any atom is -0.481 e. The number of rotatable bonds is 4. The summed E-state index contributed by atoms with van der Waals surface area (Å²) in [6, 6.07) is 0. The molecule has 1 aliphatic carbocycles. The van der Waals surface area contributed by atoms with Gasteiger partial charge in [0, 0.05) is 5.92 Å². The van der Waals surface area contributed by atoms with E-state index in [-0.39, 0.29) is 11.8 Å². The molecule has 0 spiro atoms. The van der Waals surface area contributed by atoms with Gasteiger partial charge in [0.25, 0.3) is 0 Å². The molecule has 70 valence electrons. The number of carbonyl (C=O) groups is 1. The molecule has 0 aromatic carbocycles. The van der Waals surface area contributed by atoms with Crippen LogP contribution in [0.4, 0.5) is 8.78 Å². The van der Waals surface area contributed by atoms with Gasteiger partial charge >= 0.3 is 5.97 Å². The van der Waals surface area contributed by atoms with Gasteiger partial charge in [-0.2, -0.15) is 0 Å². The van der Waals surface area contributed by atoms with Crippen molar-refractivity contribution in [3.63, 3.8) is 0 Å². The first-order chi connectivity index (χ1) is 5.52. The molecule has 0 aromatic rings. The van der Waals surface area contributed by atoms with Crippen LogP contribution in [0.15, 0.2) is 0 Å². The molecule has 0 aromatic heterocycles. The Morgan fingerprint density at radius 2 is 2.17 bits per heavy atom. The van der Waals surface area contributed by atoms with Gasteiger partial charge in [0.2, 0.25) is 6.43 Å². The number of halogens is 2. The van der Waals surface area contributed by atoms with Crippen LogP contribution in [0.5, 0.6) is 0 Å². The number of hydrogen-bond acceptors (Lipinski definition) is 1. The summed E-state index contributed by atoms with van der Waals surface area (Å²) >= 11 is 0. The fourth-order valence-electron chi connectivity index (χ4n) is 1.58. The van der Waals surface area contributed by atoms with E-state index in [4.69, 9.17) is 5.11 Å². The first-order valence-corrected chi connectivity index (χ1v) is 4.02. The largest absolute Gasteiger partial charge is 0.481 e. The van der Waals surface area contributed by atoms with Crippen molar-refractivity contribution in [2.24, 2.45) is 17.8 Å². The van der Waals surface area contributed by atoms with Crippen LogP contribution in [0.1, 0.15) is 19.8 Å². The lowest BCUT2D eigenvalue weighted by atomic mass is 9.99. The van der Waals surface area contributed by atoms with E-state index < -0.39 is 24.7 Å². The van der Waals surface area contributed by atoms with Crippen molar-refractivity contribution in [2.75, 3.05) is 0 Å². The predicted molar refractivity (Wildman–Crippen MR) is 39.0 cm³/mol. The summed E-state index contributed by atoms with van der Waals surface area (Å²) < 4.78 is 24.5. The van der Waals surface area contributed by atoms with Gasteiger partial charge in [-0.3, -0.25) is 4.79 Å². The highest BCUT2D eigenvalue weighted by atomic mass is 19.3. The lowest BCUT2D eigenvalue weighted by molar-refractivity contribution is -0.140. The second kappa shape index (κ2) is 3.37. The van der Waals surface area contributed by atoms with E-state index in [1.54, 1.807) is 0 Å². The van der Waals surface area contributed by atoms with Gasteiger partial charge in [0.1, 0.15) is 0 Å². The van der Waals surface area contributed by atoms with E-state index >= 15 is 0 Å². The lowest BCUT2D eigenvalue weighted by Crippen LogP contribution is -2.18. The maximum Gasteiger partial charge on any atom is 0.303 e. The van der Waals surface area contributed by atoms with Crippen LogP contribution in [0.3, 0.4) is 0 Å². The molecular weight excluding hydrogens is 166 g/mol. The standard InChI is InChI=1S/C8H12F2O2/c1-4-2-5(4)6(8(9)10)3-7(11)12/h4-6,8H,2-3H2,1H3,(H,11,12). The Bertz CT molecular complexity index is 182. The molecule has 0 bridgehead atoms. The third kappa shape index (κ3) is 2.16. The maximum absolute atomic E-state index is 12.3. The van der Waals surface area contributed by atoms with Crippen LogP contribution in [0.2, 0.25) is 0 Å². The molecule has 3 unspecified atom stereocenters. The van der Waals surface area contributed by atoms with E-state index in [9.17, 15) is 13.6 Å². The molecule has 1 rings (SSSR count). The third-order valence-corrected chi connectivity index (χ3v) is 2.46. The number of aliphatic carboxylic acids is 1. The van der Waals surface area contributed by atoms with Crippen LogP contribution in [0.25, 0.3) is 0 Å². The fraction of sp³-hybridized carbons (Fsp3) is 0.875. The van der Waals surface area contributed by atoms with Crippen molar-refractivity contribution < 1.29 is 18.7 Å². The summed E-state index contributed by atoms with van der Waals surface area (Å²) in [4.78, 5) is 10.2. The molecule has 3 atom stereocenters. The molecule has 0 aliphatic heterocycles. The normalized spacial score (nSPS) is 30.3. The first kappa shape index (κ1) is 9.42. The van der Waals surface area contributed by atoms with Gasteiger partial charge in [0.05, 0.1) is 6.42 Å². The molecule has 1 aliphatic rings. The van der Waals surface area contributed by atoms with Crippen molar-refractivity contribution in [2.45, 2.75) is 26.2 Å². The Morgan fingerprint density at radius 1 is 1.67 bits per heavy atom. The van der Waals surface area contributed by atoms with E-state index in [0.717, 1.165) is 6.42 Å². The molecular formula is C8H12F2O2. The van der Waals surface area contributed by atoms with Crippen molar-refractivity contribution in [3.8, 4) is 0 Å². The molecule has 0 radical (unpaired) electrons. The average Bonchev–Trinajstić information content (AvgIpc) is 2.61. The van der Waals surface area contributed by atoms with Gasteiger partial charge in [-0.15, -0.1) is 0 Å². The number of carboxylic acid groups (broad SMARTS) is 1. The van der Waals surface area contributed by atoms with E-state index in [1.807, 2.05) is 6.92 Å². The van der Waals surface area contributed by atoms with Gasteiger partial charge in [0.15, 0.2) is 0 Å². The van der Waals surface area contributed by atoms with Crippen molar-refractivity contribution in [1.82, 2.24) is 0 Å². The zero-order chi connectivity index (χ0) is 9.30. The summed E-state index contributed by atoms with van der Waals surface area (Å²) in [6.07, 6.45) is -2.13. The number of hydrogen-bond donors (Lipinski definition) is 1. The summed E-state index contributed by atoms with van der Waals surface area (Å²) in [5, 5.41) is 8.36. The summed E-state index contributed by atoms with van der Waals surface area (Å²) in [7, 11) is 0. The first-order valence-electron chi connectivity index (χ1n) is 4.02. The Balaban J connectivity index is 2.44. The molecule has 0 amide bonds. The van der Waals surface area contributed by atoms with Crippen LogP contribution >= 0.6 is 0 Å². The van der Waals surface area contributed by atoms with Gasteiger partial charge in [-0.1, -0.05) is 6.92 Å². The smallest absolute Gasteiger partial charge is 0.303 e. The van der Waals surface area contributed by atoms with Crippen molar-refractivity contribution in [1.29, 1.82) is 0 Å². The zero-order valence-corrected chi connectivity index (χ0v) is 6.84. The zero-order valence-electron chi connectivity index (χ0n) is 6.84. The SMILES string of the molecule is CC1CC1C(CC(=O)O)C(F)F. The second-order valence-electron chi connectivity index (χ2n) is 3.47. The highest BCUT2D eigenvalue weighted by Gasteiger charge is 2.44. The van der Waals surface area contributed by atoms with E-state index in [0.29, 0.717) is 0 Å². The summed E-state index contributed by atoms with van der Waals surface area (Å²) in [5.41, 5.74) is 0. The third-order valence-electron chi connectivity index (χ3n) is 2.46. The highest BCUT2D eigenvalue weighted by Crippen LogP contribution is 2.47. The Labute approximate surface area is 69.6 Å². The Hall–Kier alpha value is -0.670. The molecule has 1 saturated carbocycles. The molecule has 12 heavy (non-hydrogen) atoms. The summed E-state index contributed by atoms with van der Waals surface area (Å²) in [5.74, 6) is -1.85. The lowest BCUT2D eigenvalue weighted by Gasteiger charge is -2.12. The van der Waals surface area contributed by atoms with Gasteiger partial charge in [-0.25, -0.2) is 8.78 Å². The molecule has 1 N–H and O–H groups in total. The molecule has 2 nitrogen and oxygen atoms in total. The van der Waals surface area contributed by atoms with Gasteiger partial charge in [-0.05, 0) is 18.3 Å². The average molecular weight is 178 g/mol. The minimum absolute atomic E-state index is 0.0684. The van der Waals surface area contributed by atoms with Crippen LogP contribution < -0.4 is 0 Å². The summed E-state index contributed by atoms with van der Waals surface area (Å²) in [6.45, 7) is 1.88. The highest BCUT2D eigenvalue weighted by molar-refractivity contribution is 5.67. The van der Waals surface area contributed by atoms with Crippen molar-refractivity contribution in [3.05, 3.63) is 0 Å². The Morgan fingerprint density at radius 3 is 2.42 bits per heavy atom. The number of alkyl halides is 2. The van der Waals surface area contributed by atoms with E-state index in [1.165, 1.54) is 0 Å². The fourth-order valence-corrected chi connectivity index (χ4v) is 1.58. The molecule has 0 heterocycles. The van der Waals surface area contributed by atoms with Crippen LogP contribution in [-0.2, 0) is 4.79 Å². The number of carboxylic acids is 1. The molecule has 1 fully saturated rings. The Kier molecular flexibility index (Phi) is 2.65. The minimum atomic E-state index is -2.49. The topological polar surface area (TPSA) is 37.3 Å². The second-order valence-corrected chi connectivity index (χ2v) is 3.47. The molecule has 0 saturated heterocycles. The van der Waals surface area contributed by atoms with Crippen molar-refractivity contribution >= 4 is 5.97 Å². The molecule has 4 heteroatoms. The predicted octanol–water partition coefficient (Wildman–Crippen LogP) is 2.00. The van der Waals surface area contributed by atoms with Gasteiger partial charge < -0.3 is 5.11 Å². The quantitative estimate of drug-likeness (QED) is 0.714. The maximum atomic E-state index is 12.3. The van der Waals surface area contributed by atoms with Crippen LogP contribution in [-0.4, -0.2) is 17.5 Å². The monoisotopic (exact) mass is 178 g/mol. The van der Waals surface area contributed by atoms with E-state index in [2.05, 4.69) is 0 Å². The van der Waals surface area contributed by atoms with Crippen LogP contribution in [0, 0.1) is 17.8 Å².